The highest BCUT2D eigenvalue weighted by atomic mass is 16.5. The summed E-state index contributed by atoms with van der Waals surface area (Å²) in [5, 5.41) is 7.22. The van der Waals surface area contributed by atoms with Gasteiger partial charge in [-0.15, -0.1) is 0 Å². The lowest BCUT2D eigenvalue weighted by Gasteiger charge is -2.32. The normalized spacial score (nSPS) is 20.6. The van der Waals surface area contributed by atoms with Crippen LogP contribution in [0.4, 0.5) is 0 Å². The Hall–Kier alpha value is -3.36. The lowest BCUT2D eigenvalue weighted by Crippen LogP contribution is -2.47. The summed E-state index contributed by atoms with van der Waals surface area (Å²) in [6, 6.07) is 1.80. The molecule has 3 aliphatic rings. The third-order valence-electron chi connectivity index (χ3n) is 5.03. The first kappa shape index (κ1) is 18.0. The van der Waals surface area contributed by atoms with E-state index in [9.17, 15) is 9.59 Å². The van der Waals surface area contributed by atoms with E-state index in [0.29, 0.717) is 30.4 Å². The number of nitrogens with zero attached hydrogens (tertiary/aromatic N) is 4. The van der Waals surface area contributed by atoms with Gasteiger partial charge in [-0.3, -0.25) is 19.6 Å². The Balaban J connectivity index is 1.71. The standard InChI is InChI=1S/C19H22N6O3/c1-4-24-15(5-10(2)23-24)18(27)22-19-21-7-13-14(17(20)26)9-28-8-12-6-11(3)25(19)16(12)13/h5,7,9,11H,4,6,8H2,1-3H3,(H2,20,26)(H,21,22,27)/t11-/m0/s1. The highest BCUT2D eigenvalue weighted by Crippen LogP contribution is 2.40. The van der Waals surface area contributed by atoms with Crippen LogP contribution in [-0.2, 0) is 16.1 Å². The number of hydrogen-bond donors (Lipinski definition) is 2. The Bertz CT molecular complexity index is 997. The molecule has 1 atom stereocenters. The minimum atomic E-state index is -0.579. The number of aliphatic imine (C=N–C) groups is 1. The van der Waals surface area contributed by atoms with E-state index in [2.05, 4.69) is 15.4 Å². The van der Waals surface area contributed by atoms with Gasteiger partial charge in [-0.2, -0.15) is 5.10 Å². The number of guanidine groups is 1. The van der Waals surface area contributed by atoms with Gasteiger partial charge >= 0.3 is 0 Å². The van der Waals surface area contributed by atoms with E-state index in [1.165, 1.54) is 6.26 Å². The van der Waals surface area contributed by atoms with E-state index in [1.54, 1.807) is 16.9 Å². The minimum Gasteiger partial charge on any atom is -0.496 e. The van der Waals surface area contributed by atoms with Gasteiger partial charge in [-0.25, -0.2) is 4.99 Å². The molecule has 146 valence electrons. The van der Waals surface area contributed by atoms with Gasteiger partial charge in [0.15, 0.2) is 0 Å². The molecule has 2 amide bonds. The van der Waals surface area contributed by atoms with Gasteiger partial charge in [0.1, 0.15) is 12.3 Å². The zero-order valence-electron chi connectivity index (χ0n) is 16.0. The molecule has 0 unspecified atom stereocenters. The summed E-state index contributed by atoms with van der Waals surface area (Å²) < 4.78 is 7.17. The lowest BCUT2D eigenvalue weighted by molar-refractivity contribution is -0.114. The van der Waals surface area contributed by atoms with Crippen molar-refractivity contribution in [2.24, 2.45) is 10.7 Å². The summed E-state index contributed by atoms with van der Waals surface area (Å²) in [4.78, 5) is 31.1. The number of aryl methyl sites for hydroxylation is 2. The maximum Gasteiger partial charge on any atom is 0.276 e. The number of carbonyl (C=O) groups is 2. The van der Waals surface area contributed by atoms with E-state index in [4.69, 9.17) is 10.5 Å². The average molecular weight is 382 g/mol. The zero-order chi connectivity index (χ0) is 20.0. The van der Waals surface area contributed by atoms with Crippen LogP contribution in [0.3, 0.4) is 0 Å². The number of rotatable bonds is 3. The number of ether oxygens (including phenoxy) is 1. The number of aromatic nitrogens is 2. The van der Waals surface area contributed by atoms with E-state index in [0.717, 1.165) is 23.4 Å². The molecular formula is C19H22N6O3. The Morgan fingerprint density at radius 3 is 2.93 bits per heavy atom. The van der Waals surface area contributed by atoms with Crippen LogP contribution in [0, 0.1) is 6.92 Å². The fourth-order valence-corrected chi connectivity index (χ4v) is 3.85. The molecule has 0 saturated heterocycles. The molecule has 0 spiro atoms. The minimum absolute atomic E-state index is 0.0569. The molecule has 0 aliphatic carbocycles. The fourth-order valence-electron chi connectivity index (χ4n) is 3.85. The number of hydrogen-bond acceptors (Lipinski definition) is 6. The number of allylic oxidation sites excluding steroid dienone is 1. The second-order valence-electron chi connectivity index (χ2n) is 7.02. The van der Waals surface area contributed by atoms with Crippen molar-refractivity contribution in [2.75, 3.05) is 6.61 Å². The molecule has 1 aromatic heterocycles. The van der Waals surface area contributed by atoms with Crippen molar-refractivity contribution in [3.05, 3.63) is 52.3 Å². The molecule has 9 heteroatoms. The van der Waals surface area contributed by atoms with Gasteiger partial charge in [0.05, 0.1) is 23.2 Å². The number of amides is 2. The molecule has 3 N–H and O–H groups in total. The molecule has 4 heterocycles. The molecule has 0 radical (unpaired) electrons. The molecule has 3 aliphatic heterocycles. The number of carbonyl (C=O) groups excluding carboxylic acids is 2. The largest absolute Gasteiger partial charge is 0.496 e. The van der Waals surface area contributed by atoms with E-state index >= 15 is 0 Å². The van der Waals surface area contributed by atoms with Crippen molar-refractivity contribution in [2.45, 2.75) is 39.8 Å². The van der Waals surface area contributed by atoms with Crippen LogP contribution in [-0.4, -0.2) is 45.1 Å². The molecule has 9 nitrogen and oxygen atoms in total. The molecular weight excluding hydrogens is 360 g/mol. The van der Waals surface area contributed by atoms with Crippen LogP contribution in [0.2, 0.25) is 0 Å². The monoisotopic (exact) mass is 382 g/mol. The van der Waals surface area contributed by atoms with Crippen LogP contribution < -0.4 is 11.1 Å². The van der Waals surface area contributed by atoms with Crippen molar-refractivity contribution in [1.29, 1.82) is 0 Å². The molecule has 0 fully saturated rings. The first-order valence-electron chi connectivity index (χ1n) is 9.18. The van der Waals surface area contributed by atoms with E-state index < -0.39 is 5.91 Å². The molecule has 4 rings (SSSR count). The van der Waals surface area contributed by atoms with Crippen LogP contribution in [0.15, 0.2) is 45.9 Å². The first-order chi connectivity index (χ1) is 13.4. The Morgan fingerprint density at radius 2 is 2.21 bits per heavy atom. The van der Waals surface area contributed by atoms with Crippen molar-refractivity contribution in [3.8, 4) is 0 Å². The fraction of sp³-hybridized carbons (Fsp3) is 0.368. The number of nitrogens with two attached hydrogens (primary N) is 1. The van der Waals surface area contributed by atoms with Gasteiger partial charge in [-0.1, -0.05) is 0 Å². The smallest absolute Gasteiger partial charge is 0.276 e. The van der Waals surface area contributed by atoms with Gasteiger partial charge in [0.25, 0.3) is 11.8 Å². The third-order valence-corrected chi connectivity index (χ3v) is 5.03. The lowest BCUT2D eigenvalue weighted by atomic mass is 10.0. The van der Waals surface area contributed by atoms with Crippen LogP contribution in [0.5, 0.6) is 0 Å². The zero-order valence-corrected chi connectivity index (χ0v) is 16.0. The van der Waals surface area contributed by atoms with Gasteiger partial charge in [0.2, 0.25) is 5.96 Å². The summed E-state index contributed by atoms with van der Waals surface area (Å²) >= 11 is 0. The van der Waals surface area contributed by atoms with Crippen LogP contribution in [0.25, 0.3) is 0 Å². The second-order valence-corrected chi connectivity index (χ2v) is 7.02. The van der Waals surface area contributed by atoms with Crippen LogP contribution >= 0.6 is 0 Å². The molecule has 1 aromatic rings. The second kappa shape index (κ2) is 6.66. The Labute approximate surface area is 162 Å². The molecule has 0 bridgehead atoms. The van der Waals surface area contributed by atoms with Crippen molar-refractivity contribution in [3.63, 3.8) is 0 Å². The van der Waals surface area contributed by atoms with E-state index in [-0.39, 0.29) is 17.5 Å². The maximum absolute atomic E-state index is 12.9. The predicted octanol–water partition coefficient (Wildman–Crippen LogP) is 0.942. The average Bonchev–Trinajstić information content (AvgIpc) is 3.13. The summed E-state index contributed by atoms with van der Waals surface area (Å²) in [5.74, 6) is -0.446. The topological polar surface area (TPSA) is 115 Å². The summed E-state index contributed by atoms with van der Waals surface area (Å²) in [7, 11) is 0. The Morgan fingerprint density at radius 1 is 1.43 bits per heavy atom. The van der Waals surface area contributed by atoms with Gasteiger partial charge in [-0.05, 0) is 38.8 Å². The molecule has 0 saturated carbocycles. The summed E-state index contributed by atoms with van der Waals surface area (Å²) in [6.07, 6.45) is 3.69. The SMILES string of the molecule is CCn1nc(C)cc1C(=O)NC1=NC=C2C(C(N)=O)=COCC3=C2N1[C@@H](C)C3. The van der Waals surface area contributed by atoms with Crippen molar-refractivity contribution in [1.82, 2.24) is 20.0 Å². The van der Waals surface area contributed by atoms with Crippen LogP contribution in [0.1, 0.15) is 36.5 Å². The Kier molecular flexibility index (Phi) is 4.29. The van der Waals surface area contributed by atoms with E-state index in [1.807, 2.05) is 25.7 Å². The van der Waals surface area contributed by atoms with Crippen molar-refractivity contribution >= 4 is 17.8 Å². The third kappa shape index (κ3) is 2.79. The number of primary amides is 1. The van der Waals surface area contributed by atoms with Crippen molar-refractivity contribution < 1.29 is 14.3 Å². The quantitative estimate of drug-likeness (QED) is 0.807. The highest BCUT2D eigenvalue weighted by Gasteiger charge is 2.39. The summed E-state index contributed by atoms with van der Waals surface area (Å²) in [6.45, 7) is 6.77. The predicted molar refractivity (Wildman–Crippen MR) is 102 cm³/mol. The number of nitrogens with one attached hydrogen (secondary N) is 1. The molecule has 28 heavy (non-hydrogen) atoms. The van der Waals surface area contributed by atoms with Gasteiger partial charge in [0, 0.05) is 24.4 Å². The highest BCUT2D eigenvalue weighted by molar-refractivity contribution is 6.07. The maximum atomic E-state index is 12.9. The van der Waals surface area contributed by atoms with Gasteiger partial charge < -0.3 is 15.4 Å². The first-order valence-corrected chi connectivity index (χ1v) is 9.18. The summed E-state index contributed by atoms with van der Waals surface area (Å²) in [5.41, 5.74) is 9.54. The molecule has 0 aromatic carbocycles.